The zero-order valence-corrected chi connectivity index (χ0v) is 10.1. The van der Waals surface area contributed by atoms with Gasteiger partial charge in [0.15, 0.2) is 0 Å². The maximum atomic E-state index is 5.51. The van der Waals surface area contributed by atoms with Crippen molar-refractivity contribution in [3.05, 3.63) is 0 Å². The van der Waals surface area contributed by atoms with E-state index in [0.29, 0.717) is 5.92 Å². The maximum absolute atomic E-state index is 5.51. The van der Waals surface area contributed by atoms with Gasteiger partial charge in [0.05, 0.1) is 0 Å². The van der Waals surface area contributed by atoms with Crippen molar-refractivity contribution in [2.24, 2.45) is 5.92 Å². The number of hydrogen-bond acceptors (Lipinski definition) is 0. The Hall–Kier alpha value is -0.880. The summed E-state index contributed by atoms with van der Waals surface area (Å²) in [6.07, 6.45) is 21.5. The predicted molar refractivity (Wildman–Crippen MR) is 68.4 cm³/mol. The molecule has 1 unspecified atom stereocenters. The van der Waals surface area contributed by atoms with Crippen LogP contribution in [0.1, 0.15) is 64.7 Å². The third-order valence-corrected chi connectivity index (χ3v) is 2.77. The van der Waals surface area contributed by atoms with Crippen molar-refractivity contribution in [2.45, 2.75) is 64.7 Å². The molecule has 0 amide bonds. The molecule has 0 aliphatic heterocycles. The van der Waals surface area contributed by atoms with Gasteiger partial charge in [-0.25, -0.2) is 0 Å². The van der Waals surface area contributed by atoms with Gasteiger partial charge in [-0.3, -0.25) is 0 Å². The van der Waals surface area contributed by atoms with Crippen LogP contribution in [0.2, 0.25) is 0 Å². The third kappa shape index (κ3) is 9.42. The van der Waals surface area contributed by atoms with Crippen LogP contribution in [0.5, 0.6) is 0 Å². The number of hydrogen-bond donors (Lipinski definition) is 0. The monoisotopic (exact) mass is 204 g/mol. The Morgan fingerprint density at radius 2 is 1.60 bits per heavy atom. The summed E-state index contributed by atoms with van der Waals surface area (Å²) >= 11 is 0. The molecule has 0 saturated carbocycles. The van der Waals surface area contributed by atoms with E-state index in [1.165, 1.54) is 44.9 Å². The summed E-state index contributed by atoms with van der Waals surface area (Å²) < 4.78 is 0. The molecule has 0 radical (unpaired) electrons. The van der Waals surface area contributed by atoms with E-state index < -0.39 is 0 Å². The summed E-state index contributed by atoms with van der Waals surface area (Å²) in [5.74, 6) is 6.09. The van der Waals surface area contributed by atoms with Crippen LogP contribution in [-0.4, -0.2) is 0 Å². The van der Waals surface area contributed by atoms with Crippen molar-refractivity contribution in [2.75, 3.05) is 0 Å². The minimum atomic E-state index is 0.502. The molecule has 0 fully saturated rings. The summed E-state index contributed by atoms with van der Waals surface area (Å²) in [5.41, 5.74) is 0. The van der Waals surface area contributed by atoms with Crippen LogP contribution in [0.25, 0.3) is 0 Å². The van der Waals surface area contributed by atoms with Gasteiger partial charge in [-0.05, 0) is 19.3 Å². The summed E-state index contributed by atoms with van der Waals surface area (Å²) in [4.78, 5) is 0. The zero-order valence-electron chi connectivity index (χ0n) is 10.1. The highest BCUT2D eigenvalue weighted by Crippen LogP contribution is 2.16. The second-order valence-electron chi connectivity index (χ2n) is 4.16. The fraction of sp³-hybridized carbons (Fsp3) is 0.733. The van der Waals surface area contributed by atoms with E-state index in [1.807, 2.05) is 0 Å². The van der Waals surface area contributed by atoms with Crippen LogP contribution < -0.4 is 0 Å². The molecule has 0 nitrogen and oxygen atoms in total. The summed E-state index contributed by atoms with van der Waals surface area (Å²) in [7, 11) is 0. The minimum absolute atomic E-state index is 0.502. The Balaban J connectivity index is 3.38. The van der Waals surface area contributed by atoms with E-state index in [2.05, 4.69) is 18.8 Å². The summed E-state index contributed by atoms with van der Waals surface area (Å²) in [6.45, 7) is 2.23. The molecule has 15 heavy (non-hydrogen) atoms. The maximum Gasteiger partial charge on any atom is 0.0200 e. The third-order valence-electron chi connectivity index (χ3n) is 2.77. The van der Waals surface area contributed by atoms with E-state index in [1.54, 1.807) is 0 Å². The van der Waals surface area contributed by atoms with Crippen molar-refractivity contribution in [3.8, 4) is 24.7 Å². The van der Waals surface area contributed by atoms with Crippen LogP contribution in [0, 0.1) is 30.6 Å². The second kappa shape index (κ2) is 11.2. The molecule has 0 N–H and O–H groups in total. The molecule has 0 aromatic rings. The van der Waals surface area contributed by atoms with Crippen LogP contribution >= 0.6 is 0 Å². The highest BCUT2D eigenvalue weighted by Gasteiger charge is 2.03. The van der Waals surface area contributed by atoms with Crippen molar-refractivity contribution in [3.63, 3.8) is 0 Å². The number of terminal acetylenes is 2. The highest BCUT2D eigenvalue weighted by atomic mass is 14.1. The first-order valence-electron chi connectivity index (χ1n) is 6.24. The number of unbranched alkanes of at least 4 members (excludes halogenated alkanes) is 5. The Kier molecular flexibility index (Phi) is 10.5. The molecular formula is C15H24. The van der Waals surface area contributed by atoms with E-state index in [4.69, 9.17) is 12.8 Å². The molecule has 0 aliphatic carbocycles. The molecule has 0 bridgehead atoms. The lowest BCUT2D eigenvalue weighted by atomic mass is 9.95. The van der Waals surface area contributed by atoms with E-state index >= 15 is 0 Å². The Morgan fingerprint density at radius 3 is 2.13 bits per heavy atom. The Labute approximate surface area is 95.8 Å². The lowest BCUT2D eigenvalue weighted by molar-refractivity contribution is 0.492. The second-order valence-corrected chi connectivity index (χ2v) is 4.16. The van der Waals surface area contributed by atoms with Crippen molar-refractivity contribution < 1.29 is 0 Å². The first kappa shape index (κ1) is 14.1. The van der Waals surface area contributed by atoms with Gasteiger partial charge in [-0.2, -0.15) is 0 Å². The van der Waals surface area contributed by atoms with E-state index in [0.717, 1.165) is 12.8 Å². The largest absolute Gasteiger partial charge is 0.120 e. The fourth-order valence-corrected chi connectivity index (χ4v) is 1.75. The summed E-state index contributed by atoms with van der Waals surface area (Å²) in [6, 6.07) is 0. The summed E-state index contributed by atoms with van der Waals surface area (Å²) in [5, 5.41) is 0. The molecule has 0 rings (SSSR count). The minimum Gasteiger partial charge on any atom is -0.120 e. The van der Waals surface area contributed by atoms with Crippen LogP contribution in [0.15, 0.2) is 0 Å². The van der Waals surface area contributed by atoms with Crippen LogP contribution in [-0.2, 0) is 0 Å². The first-order chi connectivity index (χ1) is 7.35. The van der Waals surface area contributed by atoms with Gasteiger partial charge >= 0.3 is 0 Å². The van der Waals surface area contributed by atoms with Gasteiger partial charge < -0.3 is 0 Å². The predicted octanol–water partition coefficient (Wildman–Crippen LogP) is 4.40. The molecule has 0 spiro atoms. The van der Waals surface area contributed by atoms with Crippen molar-refractivity contribution in [1.82, 2.24) is 0 Å². The molecular weight excluding hydrogens is 180 g/mol. The average Bonchev–Trinajstić information content (AvgIpc) is 2.26. The molecule has 0 heterocycles. The van der Waals surface area contributed by atoms with Gasteiger partial charge in [0.25, 0.3) is 0 Å². The number of rotatable bonds is 9. The Morgan fingerprint density at radius 1 is 0.933 bits per heavy atom. The molecule has 0 saturated heterocycles. The van der Waals surface area contributed by atoms with Crippen LogP contribution in [0.3, 0.4) is 0 Å². The average molecular weight is 204 g/mol. The fourth-order valence-electron chi connectivity index (χ4n) is 1.75. The molecule has 1 atom stereocenters. The molecule has 0 aromatic heterocycles. The van der Waals surface area contributed by atoms with Crippen molar-refractivity contribution in [1.29, 1.82) is 0 Å². The first-order valence-corrected chi connectivity index (χ1v) is 6.24. The smallest absolute Gasteiger partial charge is 0.0200 e. The van der Waals surface area contributed by atoms with Gasteiger partial charge in [-0.1, -0.05) is 39.0 Å². The van der Waals surface area contributed by atoms with Gasteiger partial charge in [0.2, 0.25) is 0 Å². The van der Waals surface area contributed by atoms with Gasteiger partial charge in [0, 0.05) is 12.3 Å². The van der Waals surface area contributed by atoms with Gasteiger partial charge in [0.1, 0.15) is 0 Å². The SMILES string of the molecule is C#CCCCCCC(C#C)CCCCC. The molecule has 0 heteroatoms. The molecule has 0 aromatic carbocycles. The lowest BCUT2D eigenvalue weighted by Crippen LogP contribution is -1.97. The Bertz CT molecular complexity index is 201. The van der Waals surface area contributed by atoms with Crippen LogP contribution in [0.4, 0.5) is 0 Å². The normalized spacial score (nSPS) is 11.7. The topological polar surface area (TPSA) is 0 Å². The molecule has 0 aliphatic rings. The van der Waals surface area contributed by atoms with Gasteiger partial charge in [-0.15, -0.1) is 24.7 Å². The zero-order chi connectivity index (χ0) is 11.4. The quantitative estimate of drug-likeness (QED) is 0.386. The van der Waals surface area contributed by atoms with E-state index in [9.17, 15) is 0 Å². The molecule has 84 valence electrons. The lowest BCUT2D eigenvalue weighted by Gasteiger charge is -2.09. The standard InChI is InChI=1S/C15H24/c1-4-7-9-10-12-14-15(6-3)13-11-8-5-2/h1,3,15H,5,7-14H2,2H3. The van der Waals surface area contributed by atoms with E-state index in [-0.39, 0.29) is 0 Å². The highest BCUT2D eigenvalue weighted by molar-refractivity contribution is 4.92. The van der Waals surface area contributed by atoms with Crippen molar-refractivity contribution >= 4 is 0 Å².